The van der Waals surface area contributed by atoms with Crippen LogP contribution in [0.4, 0.5) is 0 Å². The number of nitrogens with zero attached hydrogens (tertiary/aromatic N) is 4. The summed E-state index contributed by atoms with van der Waals surface area (Å²) in [4.78, 5) is 0. The lowest BCUT2D eigenvalue weighted by atomic mass is 10.7. The van der Waals surface area contributed by atoms with Crippen molar-refractivity contribution in [2.45, 2.75) is 0 Å². The van der Waals surface area contributed by atoms with Crippen LogP contribution in [0.3, 0.4) is 0 Å². The molecule has 14 heavy (non-hydrogen) atoms. The van der Waals surface area contributed by atoms with Crippen molar-refractivity contribution in [3.8, 4) is 0 Å². The van der Waals surface area contributed by atoms with E-state index in [0.29, 0.717) is 0 Å². The second-order valence-electron chi connectivity index (χ2n) is 2.53. The Labute approximate surface area is 96.5 Å². The molecule has 0 fully saturated rings. The predicted molar refractivity (Wildman–Crippen MR) is 58.4 cm³/mol. The molecule has 0 aliphatic carbocycles. The molecule has 7 heteroatoms. The maximum atomic E-state index is 7.76. The van der Waals surface area contributed by atoms with E-state index in [2.05, 4.69) is 42.1 Å². The smallest absolute Gasteiger partial charge is 0.244 e. The summed E-state index contributed by atoms with van der Waals surface area (Å²) in [6.07, 6.45) is 6.62. The molecule has 0 saturated heterocycles. The Morgan fingerprint density at radius 1 is 1.07 bits per heavy atom. The molecule has 72 valence electrons. The van der Waals surface area contributed by atoms with Crippen LogP contribution in [0.25, 0.3) is 0 Å². The minimum atomic E-state index is 0.168. The highest BCUT2D eigenvalue weighted by molar-refractivity contribution is 9.10. The first-order chi connectivity index (χ1) is 6.66. The van der Waals surface area contributed by atoms with Crippen molar-refractivity contribution in [2.75, 3.05) is 0 Å². The van der Waals surface area contributed by atoms with Crippen LogP contribution in [0.1, 0.15) is 0 Å². The van der Waals surface area contributed by atoms with Crippen LogP contribution in [-0.2, 0) is 0 Å². The van der Waals surface area contributed by atoms with Gasteiger partial charge in [0.1, 0.15) is 0 Å². The summed E-state index contributed by atoms with van der Waals surface area (Å²) in [5.41, 5.74) is 0. The number of halogens is 2. The standard InChI is InChI=1S/C7H5Br2N5/c8-5-1-11-13(3-5)7(10)14-4-6(9)2-12-14/h1-4,10H. The van der Waals surface area contributed by atoms with Crippen LogP contribution in [0.2, 0.25) is 0 Å². The molecule has 0 aliphatic heterocycles. The lowest BCUT2D eigenvalue weighted by molar-refractivity contribution is 0.806. The third kappa shape index (κ3) is 1.78. The summed E-state index contributed by atoms with van der Waals surface area (Å²) in [6, 6.07) is 0. The minimum absolute atomic E-state index is 0.168. The van der Waals surface area contributed by atoms with Gasteiger partial charge in [0, 0.05) is 12.4 Å². The van der Waals surface area contributed by atoms with Crippen LogP contribution in [0, 0.1) is 5.41 Å². The molecule has 0 spiro atoms. The van der Waals surface area contributed by atoms with Gasteiger partial charge in [-0.2, -0.15) is 10.2 Å². The highest BCUT2D eigenvalue weighted by atomic mass is 79.9. The van der Waals surface area contributed by atoms with Gasteiger partial charge >= 0.3 is 0 Å². The Kier molecular flexibility index (Phi) is 2.51. The number of nitrogens with one attached hydrogen (secondary N) is 1. The first kappa shape index (κ1) is 9.60. The van der Waals surface area contributed by atoms with E-state index in [0.717, 1.165) is 8.95 Å². The van der Waals surface area contributed by atoms with Gasteiger partial charge in [0.15, 0.2) is 0 Å². The van der Waals surface area contributed by atoms with Crippen LogP contribution < -0.4 is 0 Å². The summed E-state index contributed by atoms with van der Waals surface area (Å²) in [5, 5.41) is 15.7. The lowest BCUT2D eigenvalue weighted by Crippen LogP contribution is -2.20. The Morgan fingerprint density at radius 2 is 1.50 bits per heavy atom. The first-order valence-corrected chi connectivity index (χ1v) is 5.25. The molecule has 0 unspecified atom stereocenters. The summed E-state index contributed by atoms with van der Waals surface area (Å²) < 4.78 is 4.49. The van der Waals surface area contributed by atoms with Crippen molar-refractivity contribution in [2.24, 2.45) is 0 Å². The van der Waals surface area contributed by atoms with E-state index in [4.69, 9.17) is 5.41 Å². The third-order valence-electron chi connectivity index (χ3n) is 1.54. The predicted octanol–water partition coefficient (Wildman–Crippen LogP) is 1.94. The fourth-order valence-corrected chi connectivity index (χ4v) is 1.51. The van der Waals surface area contributed by atoms with E-state index in [1.807, 2.05) is 0 Å². The summed E-state index contributed by atoms with van der Waals surface area (Å²) >= 11 is 6.52. The highest BCUT2D eigenvalue weighted by Gasteiger charge is 2.05. The molecule has 0 saturated carbocycles. The van der Waals surface area contributed by atoms with Crippen LogP contribution in [-0.4, -0.2) is 25.5 Å². The van der Waals surface area contributed by atoms with E-state index >= 15 is 0 Å². The molecule has 0 radical (unpaired) electrons. The molecule has 0 aliphatic rings. The second kappa shape index (κ2) is 3.66. The summed E-state index contributed by atoms with van der Waals surface area (Å²) in [7, 11) is 0. The number of aromatic nitrogens is 4. The lowest BCUT2D eigenvalue weighted by Gasteiger charge is -2.01. The molecular weight excluding hydrogens is 314 g/mol. The van der Waals surface area contributed by atoms with Gasteiger partial charge in [-0.1, -0.05) is 0 Å². The van der Waals surface area contributed by atoms with E-state index in [1.54, 1.807) is 24.8 Å². The molecule has 0 atom stereocenters. The molecule has 2 heterocycles. The van der Waals surface area contributed by atoms with Crippen LogP contribution >= 0.6 is 31.9 Å². The zero-order valence-corrected chi connectivity index (χ0v) is 10.0. The number of hydrogen-bond acceptors (Lipinski definition) is 3. The van der Waals surface area contributed by atoms with Crippen molar-refractivity contribution in [3.63, 3.8) is 0 Å². The van der Waals surface area contributed by atoms with Crippen LogP contribution in [0.5, 0.6) is 0 Å². The van der Waals surface area contributed by atoms with Gasteiger partial charge in [0.05, 0.1) is 21.3 Å². The van der Waals surface area contributed by atoms with Crippen LogP contribution in [0.15, 0.2) is 33.7 Å². The average molecular weight is 319 g/mol. The number of hydrogen-bond donors (Lipinski definition) is 1. The van der Waals surface area contributed by atoms with Crippen molar-refractivity contribution < 1.29 is 0 Å². The van der Waals surface area contributed by atoms with Crippen molar-refractivity contribution in [1.29, 1.82) is 5.41 Å². The van der Waals surface area contributed by atoms with Gasteiger partial charge in [0.25, 0.3) is 0 Å². The van der Waals surface area contributed by atoms with E-state index in [9.17, 15) is 0 Å². The molecular formula is C7H5Br2N5. The van der Waals surface area contributed by atoms with Crippen molar-refractivity contribution in [1.82, 2.24) is 19.6 Å². The summed E-state index contributed by atoms with van der Waals surface area (Å²) in [6.45, 7) is 0. The van der Waals surface area contributed by atoms with Crippen molar-refractivity contribution >= 4 is 37.8 Å². The van der Waals surface area contributed by atoms with Crippen molar-refractivity contribution in [3.05, 3.63) is 33.7 Å². The minimum Gasteiger partial charge on any atom is -0.265 e. The first-order valence-electron chi connectivity index (χ1n) is 3.66. The molecule has 2 aromatic heterocycles. The summed E-state index contributed by atoms with van der Waals surface area (Å²) in [5.74, 6) is 0.168. The Bertz CT molecular complexity index is 430. The van der Waals surface area contributed by atoms with Gasteiger partial charge in [-0.15, -0.1) is 0 Å². The second-order valence-corrected chi connectivity index (χ2v) is 4.36. The maximum absolute atomic E-state index is 7.76. The zero-order valence-electron chi connectivity index (χ0n) is 6.85. The maximum Gasteiger partial charge on any atom is 0.244 e. The van der Waals surface area contributed by atoms with E-state index in [-0.39, 0.29) is 5.96 Å². The fourth-order valence-electron chi connectivity index (χ4n) is 0.938. The monoisotopic (exact) mass is 317 g/mol. The molecule has 0 bridgehead atoms. The van der Waals surface area contributed by atoms with Gasteiger partial charge in [0.2, 0.25) is 5.96 Å². The van der Waals surface area contributed by atoms with Gasteiger partial charge in [-0.3, -0.25) is 5.41 Å². The van der Waals surface area contributed by atoms with Gasteiger partial charge in [-0.05, 0) is 31.9 Å². The van der Waals surface area contributed by atoms with Gasteiger partial charge < -0.3 is 0 Å². The normalized spacial score (nSPS) is 10.4. The molecule has 1 N–H and O–H groups in total. The third-order valence-corrected chi connectivity index (χ3v) is 2.36. The Morgan fingerprint density at radius 3 is 1.79 bits per heavy atom. The molecule has 5 nitrogen and oxygen atoms in total. The zero-order chi connectivity index (χ0) is 10.1. The molecule has 2 rings (SSSR count). The van der Waals surface area contributed by atoms with Gasteiger partial charge in [-0.25, -0.2) is 9.36 Å². The van der Waals surface area contributed by atoms with E-state index < -0.39 is 0 Å². The molecule has 0 amide bonds. The SMILES string of the molecule is N=C(n1cc(Br)cn1)n1cc(Br)cn1. The fraction of sp³-hybridized carbons (Fsp3) is 0. The molecule has 0 aromatic carbocycles. The average Bonchev–Trinajstić information content (AvgIpc) is 2.73. The topological polar surface area (TPSA) is 59.5 Å². The Hall–Kier alpha value is -0.950. The molecule has 2 aromatic rings. The highest BCUT2D eigenvalue weighted by Crippen LogP contribution is 2.08. The van der Waals surface area contributed by atoms with E-state index in [1.165, 1.54) is 9.36 Å². The number of rotatable bonds is 0. The Balaban J connectivity index is 2.33. The quantitative estimate of drug-likeness (QED) is 0.596. The largest absolute Gasteiger partial charge is 0.265 e.